The first-order chi connectivity index (χ1) is 7.54. The lowest BCUT2D eigenvalue weighted by molar-refractivity contribution is -0.136. The molecule has 4 heteroatoms. The predicted octanol–water partition coefficient (Wildman–Crippen LogP) is 2.69. The van der Waals surface area contributed by atoms with Gasteiger partial charge in [-0.25, -0.2) is 0 Å². The number of hydrogen-bond donors (Lipinski definition) is 1. The second-order valence-corrected chi connectivity index (χ2v) is 4.79. The molecule has 0 aliphatic heterocycles. The molecule has 0 fully saturated rings. The van der Waals surface area contributed by atoms with E-state index in [2.05, 4.69) is 26.1 Å². The van der Waals surface area contributed by atoms with Gasteiger partial charge in [-0.05, 0) is 27.3 Å². The zero-order valence-corrected chi connectivity index (χ0v) is 12.8. The molecule has 1 N–H and O–H groups in total. The van der Waals surface area contributed by atoms with Crippen LogP contribution in [0, 0.1) is 5.92 Å². The molecular formula is C13H29ClN2O. The highest BCUT2D eigenvalue weighted by Crippen LogP contribution is 2.09. The van der Waals surface area contributed by atoms with Crippen molar-refractivity contribution >= 4 is 18.3 Å². The van der Waals surface area contributed by atoms with Crippen molar-refractivity contribution < 1.29 is 4.79 Å². The first kappa shape index (κ1) is 19.1. The minimum Gasteiger partial charge on any atom is -0.340 e. The SMILES string of the molecule is CCCCCN(C(=O)C(C)CNC)C(C)C.Cl. The van der Waals surface area contributed by atoms with Gasteiger partial charge in [0.25, 0.3) is 0 Å². The summed E-state index contributed by atoms with van der Waals surface area (Å²) in [5, 5.41) is 3.06. The Hall–Kier alpha value is -0.280. The third-order valence-corrected chi connectivity index (χ3v) is 2.84. The third kappa shape index (κ3) is 7.61. The van der Waals surface area contributed by atoms with Crippen LogP contribution < -0.4 is 5.32 Å². The van der Waals surface area contributed by atoms with E-state index in [1.807, 2.05) is 18.9 Å². The highest BCUT2D eigenvalue weighted by Gasteiger charge is 2.21. The quantitative estimate of drug-likeness (QED) is 0.684. The van der Waals surface area contributed by atoms with Gasteiger partial charge in [-0.2, -0.15) is 0 Å². The fraction of sp³-hybridized carbons (Fsp3) is 0.923. The Morgan fingerprint density at radius 3 is 2.24 bits per heavy atom. The zero-order valence-electron chi connectivity index (χ0n) is 12.0. The van der Waals surface area contributed by atoms with E-state index in [0.29, 0.717) is 6.04 Å². The third-order valence-electron chi connectivity index (χ3n) is 2.84. The second-order valence-electron chi connectivity index (χ2n) is 4.79. The molecule has 0 spiro atoms. The molecule has 0 aliphatic carbocycles. The fourth-order valence-corrected chi connectivity index (χ4v) is 1.83. The normalized spacial score (nSPS) is 12.1. The number of rotatable bonds is 8. The van der Waals surface area contributed by atoms with Gasteiger partial charge in [0.15, 0.2) is 0 Å². The van der Waals surface area contributed by atoms with Crippen LogP contribution in [0.2, 0.25) is 0 Å². The Balaban J connectivity index is 0. The molecule has 1 amide bonds. The molecule has 1 atom stereocenters. The molecule has 0 radical (unpaired) electrons. The van der Waals surface area contributed by atoms with Gasteiger partial charge in [0.1, 0.15) is 0 Å². The van der Waals surface area contributed by atoms with Crippen LogP contribution in [0.1, 0.15) is 47.0 Å². The topological polar surface area (TPSA) is 32.3 Å². The Morgan fingerprint density at radius 2 is 1.82 bits per heavy atom. The van der Waals surface area contributed by atoms with E-state index >= 15 is 0 Å². The van der Waals surface area contributed by atoms with Gasteiger partial charge in [-0.15, -0.1) is 12.4 Å². The Kier molecular flexibility index (Phi) is 12.2. The summed E-state index contributed by atoms with van der Waals surface area (Å²) in [6.07, 6.45) is 3.52. The minimum absolute atomic E-state index is 0. The molecule has 0 saturated heterocycles. The highest BCUT2D eigenvalue weighted by molar-refractivity contribution is 5.85. The van der Waals surface area contributed by atoms with Crippen LogP contribution in [0.3, 0.4) is 0 Å². The maximum atomic E-state index is 12.2. The number of carbonyl (C=O) groups excluding carboxylic acids is 1. The summed E-state index contributed by atoms with van der Waals surface area (Å²) < 4.78 is 0. The summed E-state index contributed by atoms with van der Waals surface area (Å²) in [5.74, 6) is 0.356. The number of unbranched alkanes of at least 4 members (excludes halogenated alkanes) is 2. The fourth-order valence-electron chi connectivity index (χ4n) is 1.83. The number of halogens is 1. The van der Waals surface area contributed by atoms with Crippen LogP contribution >= 0.6 is 12.4 Å². The summed E-state index contributed by atoms with van der Waals surface area (Å²) >= 11 is 0. The smallest absolute Gasteiger partial charge is 0.226 e. The van der Waals surface area contributed by atoms with Crippen molar-refractivity contribution in [1.82, 2.24) is 10.2 Å². The Bertz CT molecular complexity index is 198. The van der Waals surface area contributed by atoms with E-state index in [9.17, 15) is 4.79 Å². The van der Waals surface area contributed by atoms with Crippen molar-refractivity contribution in [2.45, 2.75) is 53.0 Å². The maximum Gasteiger partial charge on any atom is 0.226 e. The van der Waals surface area contributed by atoms with Gasteiger partial charge >= 0.3 is 0 Å². The molecule has 3 nitrogen and oxygen atoms in total. The lowest BCUT2D eigenvalue weighted by atomic mass is 10.1. The van der Waals surface area contributed by atoms with E-state index in [1.54, 1.807) is 0 Å². The molecule has 0 bridgehead atoms. The molecule has 0 saturated carbocycles. The average Bonchev–Trinajstić information content (AvgIpc) is 2.23. The lowest BCUT2D eigenvalue weighted by Crippen LogP contribution is -2.43. The first-order valence-electron chi connectivity index (χ1n) is 6.49. The molecule has 0 aromatic carbocycles. The first-order valence-corrected chi connectivity index (χ1v) is 6.49. The molecule has 0 heterocycles. The largest absolute Gasteiger partial charge is 0.340 e. The molecule has 1 unspecified atom stereocenters. The van der Waals surface area contributed by atoms with Gasteiger partial charge in [-0.3, -0.25) is 4.79 Å². The number of hydrogen-bond acceptors (Lipinski definition) is 2. The Labute approximate surface area is 113 Å². The van der Waals surface area contributed by atoms with Crippen LogP contribution in [0.25, 0.3) is 0 Å². The molecule has 104 valence electrons. The van der Waals surface area contributed by atoms with Crippen LogP contribution in [0.5, 0.6) is 0 Å². The standard InChI is InChI=1S/C13H28N2O.ClH/c1-6-7-8-9-15(11(2)3)13(16)12(4)10-14-5;/h11-12,14H,6-10H2,1-5H3;1H. The maximum absolute atomic E-state index is 12.2. The van der Waals surface area contributed by atoms with Crippen LogP contribution in [-0.4, -0.2) is 37.0 Å². The van der Waals surface area contributed by atoms with Crippen molar-refractivity contribution in [2.24, 2.45) is 5.92 Å². The monoisotopic (exact) mass is 264 g/mol. The van der Waals surface area contributed by atoms with E-state index in [1.165, 1.54) is 12.8 Å². The summed E-state index contributed by atoms with van der Waals surface area (Å²) in [6.45, 7) is 10.0. The minimum atomic E-state index is 0. The van der Waals surface area contributed by atoms with Gasteiger partial charge in [-0.1, -0.05) is 26.7 Å². The summed E-state index contributed by atoms with van der Waals surface area (Å²) in [4.78, 5) is 14.2. The van der Waals surface area contributed by atoms with Crippen molar-refractivity contribution in [2.75, 3.05) is 20.1 Å². The predicted molar refractivity (Wildman–Crippen MR) is 76.7 cm³/mol. The number of carbonyl (C=O) groups is 1. The van der Waals surface area contributed by atoms with Gasteiger partial charge in [0, 0.05) is 25.0 Å². The van der Waals surface area contributed by atoms with E-state index < -0.39 is 0 Å². The Morgan fingerprint density at radius 1 is 1.24 bits per heavy atom. The van der Waals surface area contributed by atoms with Crippen LogP contribution in [0.15, 0.2) is 0 Å². The molecular weight excluding hydrogens is 236 g/mol. The van der Waals surface area contributed by atoms with E-state index in [0.717, 1.165) is 19.5 Å². The summed E-state index contributed by atoms with van der Waals surface area (Å²) in [6, 6.07) is 0.309. The molecule has 0 aromatic rings. The summed E-state index contributed by atoms with van der Waals surface area (Å²) in [5.41, 5.74) is 0. The summed E-state index contributed by atoms with van der Waals surface area (Å²) in [7, 11) is 1.89. The molecule has 0 rings (SSSR count). The molecule has 0 aliphatic rings. The van der Waals surface area contributed by atoms with Crippen molar-refractivity contribution in [3.63, 3.8) is 0 Å². The molecule has 17 heavy (non-hydrogen) atoms. The molecule has 0 aromatic heterocycles. The van der Waals surface area contributed by atoms with Gasteiger partial charge in [0.2, 0.25) is 5.91 Å². The van der Waals surface area contributed by atoms with Crippen LogP contribution in [-0.2, 0) is 4.79 Å². The van der Waals surface area contributed by atoms with Crippen molar-refractivity contribution in [3.8, 4) is 0 Å². The number of nitrogens with one attached hydrogen (secondary N) is 1. The van der Waals surface area contributed by atoms with E-state index in [4.69, 9.17) is 0 Å². The van der Waals surface area contributed by atoms with Crippen LogP contribution in [0.4, 0.5) is 0 Å². The lowest BCUT2D eigenvalue weighted by Gasteiger charge is -2.29. The van der Waals surface area contributed by atoms with Crippen molar-refractivity contribution in [3.05, 3.63) is 0 Å². The van der Waals surface area contributed by atoms with Gasteiger partial charge < -0.3 is 10.2 Å². The second kappa shape index (κ2) is 10.8. The zero-order chi connectivity index (χ0) is 12.6. The number of nitrogens with zero attached hydrogens (tertiary/aromatic N) is 1. The van der Waals surface area contributed by atoms with Crippen molar-refractivity contribution in [1.29, 1.82) is 0 Å². The average molecular weight is 265 g/mol. The highest BCUT2D eigenvalue weighted by atomic mass is 35.5. The van der Waals surface area contributed by atoms with E-state index in [-0.39, 0.29) is 24.2 Å². The van der Waals surface area contributed by atoms with Gasteiger partial charge in [0.05, 0.1) is 0 Å². The number of amides is 1.